The Bertz CT molecular complexity index is 3520. The second-order valence-electron chi connectivity index (χ2n) is 16.0. The molecule has 0 spiro atoms. The maximum Gasteiger partial charge on any atom is 0.0546 e. The van der Waals surface area contributed by atoms with Crippen molar-refractivity contribution in [2.75, 3.05) is 4.90 Å². The Morgan fingerprint density at radius 1 is 0.213 bits per heavy atom. The van der Waals surface area contributed by atoms with Crippen molar-refractivity contribution in [3.8, 4) is 33.4 Å². The highest BCUT2D eigenvalue weighted by Gasteiger charge is 2.22. The maximum atomic E-state index is 2.50. The largest absolute Gasteiger partial charge is 0.309 e. The number of fused-ring (bicyclic) bond motifs is 9. The molecule has 0 saturated carbocycles. The summed E-state index contributed by atoms with van der Waals surface area (Å²) in [6.07, 6.45) is 0. The Balaban J connectivity index is 1.14. The molecule has 0 aromatic heterocycles. The molecule has 0 bridgehead atoms. The average Bonchev–Trinajstić information content (AvgIpc) is 3.34. The predicted octanol–water partition coefficient (Wildman–Crippen LogP) is 17.1. The molecule has 0 aliphatic heterocycles. The number of hydrogen-bond acceptors (Lipinski definition) is 1. The Labute approximate surface area is 355 Å². The summed E-state index contributed by atoms with van der Waals surface area (Å²) in [4.78, 5) is 2.50. The van der Waals surface area contributed by atoms with Gasteiger partial charge in [0, 0.05) is 16.5 Å². The first kappa shape index (κ1) is 35.0. The first-order chi connectivity index (χ1) is 30.3. The summed E-state index contributed by atoms with van der Waals surface area (Å²) in [5.74, 6) is 0. The second-order valence-corrected chi connectivity index (χ2v) is 16.0. The summed E-state index contributed by atoms with van der Waals surface area (Å²) in [7, 11) is 0. The van der Waals surface area contributed by atoms with Gasteiger partial charge in [0.25, 0.3) is 0 Å². The van der Waals surface area contributed by atoms with E-state index in [9.17, 15) is 0 Å². The van der Waals surface area contributed by atoms with E-state index in [1.54, 1.807) is 0 Å². The molecule has 0 amide bonds. The lowest BCUT2D eigenvalue weighted by atomic mass is 9.84. The fourth-order valence-corrected chi connectivity index (χ4v) is 9.85. The summed E-state index contributed by atoms with van der Waals surface area (Å²) in [6.45, 7) is 0. The van der Waals surface area contributed by atoms with Crippen LogP contribution in [0, 0.1) is 0 Å². The van der Waals surface area contributed by atoms with Crippen LogP contribution >= 0.6 is 0 Å². The molecule has 1 nitrogen and oxygen atoms in total. The minimum atomic E-state index is 1.10. The summed E-state index contributed by atoms with van der Waals surface area (Å²) in [5.41, 5.74) is 10.7. The van der Waals surface area contributed by atoms with Crippen molar-refractivity contribution < 1.29 is 0 Å². The SMILES string of the molecule is c1ccc(-c2c(-c3ccccc3)c3cc(-c4cccc(N(c5cc6ccccc6c6ccccc56)c5cc6ccccc6c6ccccc56)c4)ccc3c3ccccc23)cc1. The van der Waals surface area contributed by atoms with Crippen LogP contribution in [0.2, 0.25) is 0 Å². The van der Waals surface area contributed by atoms with Crippen molar-refractivity contribution in [1.29, 1.82) is 0 Å². The zero-order valence-corrected chi connectivity index (χ0v) is 33.5. The number of benzene rings is 12. The van der Waals surface area contributed by atoms with Crippen molar-refractivity contribution in [1.82, 2.24) is 0 Å². The van der Waals surface area contributed by atoms with Crippen LogP contribution in [-0.2, 0) is 0 Å². The van der Waals surface area contributed by atoms with Gasteiger partial charge in [0.05, 0.1) is 11.4 Å². The molecule has 0 saturated heterocycles. The van der Waals surface area contributed by atoms with Crippen LogP contribution in [0.1, 0.15) is 0 Å². The van der Waals surface area contributed by atoms with E-state index in [0.717, 1.165) is 22.6 Å². The molecule has 0 N–H and O–H groups in total. The van der Waals surface area contributed by atoms with Gasteiger partial charge in [0.15, 0.2) is 0 Å². The van der Waals surface area contributed by atoms with Crippen LogP contribution in [0.25, 0.3) is 98.0 Å². The number of rotatable bonds is 6. The average molecular weight is 774 g/mol. The fraction of sp³-hybridized carbons (Fsp3) is 0. The van der Waals surface area contributed by atoms with Crippen LogP contribution < -0.4 is 4.90 Å². The van der Waals surface area contributed by atoms with Gasteiger partial charge in [-0.3, -0.25) is 0 Å². The number of anilines is 3. The van der Waals surface area contributed by atoms with Crippen molar-refractivity contribution in [2.45, 2.75) is 0 Å². The minimum absolute atomic E-state index is 1.10. The molecule has 61 heavy (non-hydrogen) atoms. The Morgan fingerprint density at radius 3 is 1.16 bits per heavy atom. The van der Waals surface area contributed by atoms with Gasteiger partial charge >= 0.3 is 0 Å². The summed E-state index contributed by atoms with van der Waals surface area (Å²) < 4.78 is 0. The predicted molar refractivity (Wildman–Crippen MR) is 262 cm³/mol. The molecule has 0 radical (unpaired) electrons. The molecule has 1 heteroatoms. The number of hydrogen-bond donors (Lipinski definition) is 0. The Hall–Kier alpha value is -8.00. The summed E-state index contributed by atoms with van der Waals surface area (Å²) in [5, 5.41) is 14.9. The van der Waals surface area contributed by atoms with Crippen molar-refractivity contribution in [3.05, 3.63) is 237 Å². The molecule has 0 fully saturated rings. The van der Waals surface area contributed by atoms with Crippen LogP contribution in [0.4, 0.5) is 17.1 Å². The molecule has 0 aliphatic carbocycles. The monoisotopic (exact) mass is 773 g/mol. The molecule has 12 aromatic rings. The van der Waals surface area contributed by atoms with Crippen LogP contribution in [0.3, 0.4) is 0 Å². The first-order valence-electron chi connectivity index (χ1n) is 21.1. The molecule has 12 rings (SSSR count). The third-order valence-electron chi connectivity index (χ3n) is 12.6. The minimum Gasteiger partial charge on any atom is -0.309 e. The van der Waals surface area contributed by atoms with E-state index in [0.29, 0.717) is 0 Å². The topological polar surface area (TPSA) is 3.24 Å². The van der Waals surface area contributed by atoms with Gasteiger partial charge in [-0.2, -0.15) is 0 Å². The molecule has 0 heterocycles. The van der Waals surface area contributed by atoms with E-state index in [1.807, 2.05) is 0 Å². The standard InChI is InChI=1S/C60H39N/c1-3-18-40(19-4-1)59-55-33-16-13-30-51(55)52-35-34-43(37-56(52)60(59)41-20-5-2-6-21-41)42-24-17-25-46(36-42)61(57-38-44-22-7-9-26-47(44)49-28-11-14-31-53(49)57)58-39-45-23-8-10-27-48(45)50-29-12-15-32-54(50)58/h1-39H. The highest BCUT2D eigenvalue weighted by Crippen LogP contribution is 2.48. The Kier molecular flexibility index (Phi) is 8.25. The van der Waals surface area contributed by atoms with Gasteiger partial charge < -0.3 is 4.90 Å². The van der Waals surface area contributed by atoms with E-state index in [-0.39, 0.29) is 0 Å². The second kappa shape index (κ2) is 14.4. The Morgan fingerprint density at radius 2 is 0.607 bits per heavy atom. The molecule has 284 valence electrons. The molecule has 0 aliphatic rings. The molecular formula is C60H39N. The van der Waals surface area contributed by atoms with E-state index < -0.39 is 0 Å². The first-order valence-corrected chi connectivity index (χ1v) is 21.1. The highest BCUT2D eigenvalue weighted by atomic mass is 15.1. The third-order valence-corrected chi connectivity index (χ3v) is 12.6. The van der Waals surface area contributed by atoms with Gasteiger partial charge in [-0.25, -0.2) is 0 Å². The van der Waals surface area contributed by atoms with Crippen molar-refractivity contribution >= 4 is 81.7 Å². The van der Waals surface area contributed by atoms with Gasteiger partial charge in [-0.05, 0) is 118 Å². The van der Waals surface area contributed by atoms with Crippen LogP contribution in [-0.4, -0.2) is 0 Å². The van der Waals surface area contributed by atoms with E-state index in [4.69, 9.17) is 0 Å². The van der Waals surface area contributed by atoms with E-state index >= 15 is 0 Å². The van der Waals surface area contributed by atoms with Gasteiger partial charge in [-0.1, -0.05) is 206 Å². The third kappa shape index (κ3) is 5.78. The zero-order valence-electron chi connectivity index (χ0n) is 33.5. The fourth-order valence-electron chi connectivity index (χ4n) is 9.85. The molecule has 0 atom stereocenters. The van der Waals surface area contributed by atoms with Crippen LogP contribution in [0.5, 0.6) is 0 Å². The van der Waals surface area contributed by atoms with Gasteiger partial charge in [0.2, 0.25) is 0 Å². The lowest BCUT2D eigenvalue weighted by Crippen LogP contribution is -2.11. The smallest absolute Gasteiger partial charge is 0.0546 e. The number of nitrogens with zero attached hydrogens (tertiary/aromatic N) is 1. The highest BCUT2D eigenvalue weighted by molar-refractivity contribution is 6.23. The maximum absolute atomic E-state index is 2.50. The van der Waals surface area contributed by atoms with Crippen molar-refractivity contribution in [2.24, 2.45) is 0 Å². The summed E-state index contributed by atoms with van der Waals surface area (Å²) >= 11 is 0. The van der Waals surface area contributed by atoms with Gasteiger partial charge in [-0.15, -0.1) is 0 Å². The molecular weight excluding hydrogens is 735 g/mol. The zero-order chi connectivity index (χ0) is 40.3. The van der Waals surface area contributed by atoms with Gasteiger partial charge in [0.1, 0.15) is 0 Å². The van der Waals surface area contributed by atoms with E-state index in [1.165, 1.54) is 92.5 Å². The quantitative estimate of drug-likeness (QED) is 0.152. The van der Waals surface area contributed by atoms with Crippen LogP contribution in [0.15, 0.2) is 237 Å². The lowest BCUT2D eigenvalue weighted by molar-refractivity contribution is 1.32. The molecule has 0 unspecified atom stereocenters. The normalized spacial score (nSPS) is 11.6. The molecule has 12 aromatic carbocycles. The summed E-state index contributed by atoms with van der Waals surface area (Å²) in [6, 6.07) is 87.0. The lowest BCUT2D eigenvalue weighted by Gasteiger charge is -2.29. The van der Waals surface area contributed by atoms with Crippen molar-refractivity contribution in [3.63, 3.8) is 0 Å². The van der Waals surface area contributed by atoms with E-state index in [2.05, 4.69) is 241 Å².